The predicted octanol–water partition coefficient (Wildman–Crippen LogP) is 4.10. The molecule has 2 aromatic carbocycles. The summed E-state index contributed by atoms with van der Waals surface area (Å²) in [5.41, 5.74) is 1.11. The number of carbonyl (C=O) groups excluding carboxylic acids is 1. The normalized spacial score (nSPS) is 12.3. The van der Waals surface area contributed by atoms with Crippen molar-refractivity contribution in [3.05, 3.63) is 89.2 Å². The lowest BCUT2D eigenvalue weighted by atomic mass is 10.1. The molecule has 0 saturated heterocycles. The van der Waals surface area contributed by atoms with Gasteiger partial charge in [0.1, 0.15) is 16.7 Å². The van der Waals surface area contributed by atoms with Gasteiger partial charge in [0.15, 0.2) is 9.84 Å². The summed E-state index contributed by atoms with van der Waals surface area (Å²) >= 11 is 5.90. The van der Waals surface area contributed by atoms with Gasteiger partial charge in [-0.25, -0.2) is 8.42 Å². The van der Waals surface area contributed by atoms with Crippen LogP contribution in [0.5, 0.6) is 11.5 Å². The average Bonchev–Trinajstić information content (AvgIpc) is 2.83. The van der Waals surface area contributed by atoms with Gasteiger partial charge in [0, 0.05) is 35.6 Å². The third-order valence-electron chi connectivity index (χ3n) is 4.89. The Morgan fingerprint density at radius 2 is 1.88 bits per heavy atom. The molecule has 1 aromatic heterocycles. The molecule has 0 fully saturated rings. The number of aromatic nitrogens is 1. The van der Waals surface area contributed by atoms with Crippen LogP contribution in [0, 0.1) is 0 Å². The van der Waals surface area contributed by atoms with Gasteiger partial charge in [0.2, 0.25) is 5.91 Å². The monoisotopic (exact) mass is 486 g/mol. The number of amides is 1. The highest BCUT2D eigenvalue weighted by Crippen LogP contribution is 2.29. The summed E-state index contributed by atoms with van der Waals surface area (Å²) in [7, 11) is -0.757. The quantitative estimate of drug-likeness (QED) is 0.458. The van der Waals surface area contributed by atoms with Crippen LogP contribution in [-0.2, 0) is 14.6 Å². The number of nitrogens with one attached hydrogen (secondary N) is 1. The van der Waals surface area contributed by atoms with Crippen molar-refractivity contribution in [1.82, 2.24) is 10.3 Å². The average molecular weight is 487 g/mol. The molecule has 9 heteroatoms. The first kappa shape index (κ1) is 24.3. The van der Waals surface area contributed by atoms with Gasteiger partial charge in [-0.1, -0.05) is 17.7 Å². The topological polar surface area (TPSA) is 94.6 Å². The highest BCUT2D eigenvalue weighted by molar-refractivity contribution is 7.91. The molecule has 1 amide bonds. The van der Waals surface area contributed by atoms with Crippen LogP contribution < -0.4 is 14.8 Å². The summed E-state index contributed by atoms with van der Waals surface area (Å²) in [6.07, 6.45) is 5.91. The molecular weight excluding hydrogens is 464 g/mol. The Labute approximate surface area is 197 Å². The smallest absolute Gasteiger partial charge is 0.244 e. The Morgan fingerprint density at radius 3 is 2.52 bits per heavy atom. The maximum absolute atomic E-state index is 13.3. The van der Waals surface area contributed by atoms with E-state index in [0.717, 1.165) is 0 Å². The Kier molecular flexibility index (Phi) is 8.08. The van der Waals surface area contributed by atoms with Gasteiger partial charge in [-0.2, -0.15) is 0 Å². The van der Waals surface area contributed by atoms with E-state index in [1.54, 1.807) is 49.7 Å². The van der Waals surface area contributed by atoms with E-state index in [4.69, 9.17) is 21.1 Å². The predicted molar refractivity (Wildman–Crippen MR) is 127 cm³/mol. The molecule has 0 radical (unpaired) electrons. The fourth-order valence-corrected chi connectivity index (χ4v) is 4.92. The summed E-state index contributed by atoms with van der Waals surface area (Å²) in [5.74, 6) is 0.722. The molecule has 0 bridgehead atoms. The largest absolute Gasteiger partial charge is 0.497 e. The van der Waals surface area contributed by atoms with Crippen LogP contribution in [0.2, 0.25) is 5.02 Å². The lowest BCUT2D eigenvalue weighted by molar-refractivity contribution is -0.116. The van der Waals surface area contributed by atoms with Gasteiger partial charge in [-0.3, -0.25) is 9.78 Å². The fourth-order valence-electron chi connectivity index (χ4n) is 3.15. The molecule has 3 rings (SSSR count). The van der Waals surface area contributed by atoms with Crippen LogP contribution >= 0.6 is 11.6 Å². The number of hydrogen-bond acceptors (Lipinski definition) is 6. The van der Waals surface area contributed by atoms with E-state index in [1.807, 2.05) is 0 Å². The Hall–Kier alpha value is -3.36. The number of sulfone groups is 1. The van der Waals surface area contributed by atoms with Crippen LogP contribution in [-0.4, -0.2) is 40.1 Å². The van der Waals surface area contributed by atoms with E-state index in [2.05, 4.69) is 10.3 Å². The third kappa shape index (κ3) is 6.12. The molecule has 1 atom stereocenters. The first-order valence-electron chi connectivity index (χ1n) is 9.92. The van der Waals surface area contributed by atoms with E-state index >= 15 is 0 Å². The summed E-state index contributed by atoms with van der Waals surface area (Å²) in [4.78, 5) is 16.6. The number of benzene rings is 2. The lowest BCUT2D eigenvalue weighted by Gasteiger charge is -2.18. The first-order chi connectivity index (χ1) is 15.8. The van der Waals surface area contributed by atoms with E-state index < -0.39 is 21.0 Å². The number of carbonyl (C=O) groups is 1. The number of nitrogens with zero attached hydrogens (tertiary/aromatic N) is 1. The third-order valence-corrected chi connectivity index (χ3v) is 7.25. The van der Waals surface area contributed by atoms with Crippen LogP contribution in [0.25, 0.3) is 6.08 Å². The summed E-state index contributed by atoms with van der Waals surface area (Å²) in [6.45, 7) is -0.144. The van der Waals surface area contributed by atoms with Crippen molar-refractivity contribution >= 4 is 33.4 Å². The lowest BCUT2D eigenvalue weighted by Crippen LogP contribution is -2.31. The SMILES string of the molecule is COc1ccc(OC)c(/C=C/C(=O)NCC(c2cccnc2)S(=O)(=O)c2ccc(Cl)cc2)c1. The van der Waals surface area contributed by atoms with Crippen molar-refractivity contribution < 1.29 is 22.7 Å². The number of ether oxygens (including phenoxy) is 2. The summed E-state index contributed by atoms with van der Waals surface area (Å²) < 4.78 is 37.1. The Bertz CT molecular complexity index is 1230. The van der Waals surface area contributed by atoms with Crippen molar-refractivity contribution in [2.45, 2.75) is 10.1 Å². The van der Waals surface area contributed by atoms with E-state index in [1.165, 1.54) is 43.6 Å². The van der Waals surface area contributed by atoms with Gasteiger partial charge in [0.25, 0.3) is 0 Å². The summed E-state index contributed by atoms with van der Waals surface area (Å²) in [6, 6.07) is 14.4. The highest BCUT2D eigenvalue weighted by atomic mass is 35.5. The number of rotatable bonds is 9. The second kappa shape index (κ2) is 11.0. The maximum Gasteiger partial charge on any atom is 0.244 e. The van der Waals surface area contributed by atoms with Crippen molar-refractivity contribution in [2.75, 3.05) is 20.8 Å². The maximum atomic E-state index is 13.3. The number of halogens is 1. The van der Waals surface area contributed by atoms with Crippen LogP contribution in [0.4, 0.5) is 0 Å². The molecule has 0 saturated carbocycles. The zero-order chi connectivity index (χ0) is 23.8. The van der Waals surface area contributed by atoms with Crippen LogP contribution in [0.15, 0.2) is 78.0 Å². The molecule has 0 spiro atoms. The van der Waals surface area contributed by atoms with Gasteiger partial charge in [-0.05, 0) is 60.2 Å². The molecule has 0 aliphatic rings. The van der Waals surface area contributed by atoms with Crippen LogP contribution in [0.3, 0.4) is 0 Å². The molecule has 33 heavy (non-hydrogen) atoms. The molecule has 1 heterocycles. The second-order valence-corrected chi connectivity index (χ2v) is 9.53. The van der Waals surface area contributed by atoms with Gasteiger partial charge >= 0.3 is 0 Å². The van der Waals surface area contributed by atoms with Gasteiger partial charge in [-0.15, -0.1) is 0 Å². The Balaban J connectivity index is 1.81. The molecule has 1 N–H and O–H groups in total. The van der Waals surface area contributed by atoms with Crippen molar-refractivity contribution in [3.63, 3.8) is 0 Å². The van der Waals surface area contributed by atoms with Crippen LogP contribution in [0.1, 0.15) is 16.4 Å². The molecule has 1 unspecified atom stereocenters. The van der Waals surface area contributed by atoms with Gasteiger partial charge < -0.3 is 14.8 Å². The fraction of sp³-hybridized carbons (Fsp3) is 0.167. The van der Waals surface area contributed by atoms with E-state index in [9.17, 15) is 13.2 Å². The van der Waals surface area contributed by atoms with E-state index in [-0.39, 0.29) is 11.4 Å². The zero-order valence-electron chi connectivity index (χ0n) is 18.1. The second-order valence-electron chi connectivity index (χ2n) is 6.96. The van der Waals surface area contributed by atoms with Crippen molar-refractivity contribution in [1.29, 1.82) is 0 Å². The zero-order valence-corrected chi connectivity index (χ0v) is 19.6. The number of pyridine rings is 1. The molecule has 172 valence electrons. The minimum atomic E-state index is -3.83. The molecule has 3 aromatic rings. The minimum Gasteiger partial charge on any atom is -0.497 e. The van der Waals surface area contributed by atoms with Crippen molar-refractivity contribution in [3.8, 4) is 11.5 Å². The number of methoxy groups -OCH3 is 2. The first-order valence-corrected chi connectivity index (χ1v) is 11.8. The highest BCUT2D eigenvalue weighted by Gasteiger charge is 2.29. The minimum absolute atomic E-state index is 0.103. The standard InChI is InChI=1S/C24H23ClN2O5S/c1-31-20-8-11-22(32-2)17(14-20)5-12-24(28)27-16-23(18-4-3-13-26-15-18)33(29,30)21-9-6-19(25)7-10-21/h3-15,23H,16H2,1-2H3,(H,27,28)/b12-5+. The Morgan fingerprint density at radius 1 is 1.12 bits per heavy atom. The molecule has 7 nitrogen and oxygen atoms in total. The van der Waals surface area contributed by atoms with E-state index in [0.29, 0.717) is 27.6 Å². The number of hydrogen-bond donors (Lipinski definition) is 1. The van der Waals surface area contributed by atoms with Crippen molar-refractivity contribution in [2.24, 2.45) is 0 Å². The van der Waals surface area contributed by atoms with Gasteiger partial charge in [0.05, 0.1) is 19.1 Å². The summed E-state index contributed by atoms with van der Waals surface area (Å²) in [5, 5.41) is 2.07. The molecule has 0 aliphatic carbocycles. The molecular formula is C24H23ClN2O5S. The molecule has 0 aliphatic heterocycles.